The zero-order valence-corrected chi connectivity index (χ0v) is 15.6. The van der Waals surface area contributed by atoms with Crippen molar-refractivity contribution in [3.63, 3.8) is 0 Å². The summed E-state index contributed by atoms with van der Waals surface area (Å²) >= 11 is 0. The lowest BCUT2D eigenvalue weighted by atomic mass is 10.1. The normalized spacial score (nSPS) is 10.5. The van der Waals surface area contributed by atoms with Crippen molar-refractivity contribution in [3.8, 4) is 0 Å². The molecule has 0 atom stereocenters. The van der Waals surface area contributed by atoms with Crippen LogP contribution in [0.2, 0.25) is 0 Å². The van der Waals surface area contributed by atoms with Gasteiger partial charge in [0.2, 0.25) is 0 Å². The van der Waals surface area contributed by atoms with Crippen LogP contribution in [-0.4, -0.2) is 11.8 Å². The van der Waals surface area contributed by atoms with E-state index in [1.54, 1.807) is 6.07 Å². The van der Waals surface area contributed by atoms with Gasteiger partial charge < -0.3 is 10.6 Å². The van der Waals surface area contributed by atoms with Gasteiger partial charge in [-0.15, -0.1) is 0 Å². The first kappa shape index (κ1) is 20.1. The van der Waals surface area contributed by atoms with Crippen molar-refractivity contribution < 1.29 is 22.8 Å². The number of anilines is 2. The highest BCUT2D eigenvalue weighted by Gasteiger charge is 2.16. The Morgan fingerprint density at radius 2 is 1.28 bits per heavy atom. The maximum absolute atomic E-state index is 13.7. The van der Waals surface area contributed by atoms with E-state index < -0.39 is 29.0 Å². The molecule has 2 amide bonds. The van der Waals surface area contributed by atoms with E-state index in [9.17, 15) is 22.8 Å². The smallest absolute Gasteiger partial charge is 0.255 e. The van der Waals surface area contributed by atoms with Gasteiger partial charge >= 0.3 is 0 Å². The Morgan fingerprint density at radius 1 is 0.690 bits per heavy atom. The molecule has 148 valence electrons. The second-order valence-corrected chi connectivity index (χ2v) is 6.51. The minimum absolute atomic E-state index is 0.122. The zero-order valence-electron chi connectivity index (χ0n) is 15.6. The van der Waals surface area contributed by atoms with Crippen LogP contribution in [0.3, 0.4) is 0 Å². The highest BCUT2D eigenvalue weighted by atomic mass is 19.2. The number of carbonyl (C=O) groups is 2. The number of halogens is 3. The fraction of sp³-hybridized carbons (Fsp3) is 0.0909. The molecule has 0 unspecified atom stereocenters. The van der Waals surface area contributed by atoms with Crippen LogP contribution >= 0.6 is 0 Å². The summed E-state index contributed by atoms with van der Waals surface area (Å²) in [5, 5.41) is 4.94. The molecule has 3 aromatic carbocycles. The Hall–Kier alpha value is -3.61. The highest BCUT2D eigenvalue weighted by Crippen LogP contribution is 2.21. The number of aryl methyl sites for hydroxylation is 2. The van der Waals surface area contributed by atoms with Crippen LogP contribution in [0.15, 0.2) is 54.6 Å². The van der Waals surface area contributed by atoms with Gasteiger partial charge in [-0.25, -0.2) is 13.2 Å². The van der Waals surface area contributed by atoms with Gasteiger partial charge in [-0.05, 0) is 73.5 Å². The maximum Gasteiger partial charge on any atom is 0.255 e. The third-order valence-electron chi connectivity index (χ3n) is 4.46. The van der Waals surface area contributed by atoms with E-state index >= 15 is 0 Å². The molecule has 0 radical (unpaired) electrons. The van der Waals surface area contributed by atoms with Gasteiger partial charge in [0.1, 0.15) is 0 Å². The summed E-state index contributed by atoms with van der Waals surface area (Å²) in [5.41, 5.74) is 2.75. The third-order valence-corrected chi connectivity index (χ3v) is 4.46. The predicted molar refractivity (Wildman–Crippen MR) is 105 cm³/mol. The molecular weight excluding hydrogens is 381 g/mol. The number of nitrogens with one attached hydrogen (secondary N) is 2. The molecule has 7 heteroatoms. The number of carbonyl (C=O) groups excluding carboxylic acids is 2. The Kier molecular flexibility index (Phi) is 5.68. The molecule has 3 aromatic rings. The van der Waals surface area contributed by atoms with Crippen molar-refractivity contribution >= 4 is 23.2 Å². The number of hydrogen-bond acceptors (Lipinski definition) is 2. The second-order valence-electron chi connectivity index (χ2n) is 6.51. The molecule has 2 N–H and O–H groups in total. The van der Waals surface area contributed by atoms with Gasteiger partial charge in [0.05, 0.1) is 5.69 Å². The van der Waals surface area contributed by atoms with E-state index in [4.69, 9.17) is 0 Å². The molecule has 29 heavy (non-hydrogen) atoms. The Bertz CT molecular complexity index is 1100. The molecule has 3 rings (SSSR count). The van der Waals surface area contributed by atoms with Crippen molar-refractivity contribution in [2.45, 2.75) is 13.8 Å². The van der Waals surface area contributed by atoms with E-state index in [1.165, 1.54) is 24.3 Å². The molecule has 0 saturated carbocycles. The lowest BCUT2D eigenvalue weighted by Gasteiger charge is -2.09. The van der Waals surface area contributed by atoms with Gasteiger partial charge in [0.25, 0.3) is 11.8 Å². The average molecular weight is 398 g/mol. The summed E-state index contributed by atoms with van der Waals surface area (Å²) in [4.78, 5) is 24.6. The topological polar surface area (TPSA) is 58.2 Å². The molecular formula is C22H17F3N2O2. The molecule has 4 nitrogen and oxygen atoms in total. The summed E-state index contributed by atoms with van der Waals surface area (Å²) in [7, 11) is 0. The molecule has 0 heterocycles. The van der Waals surface area contributed by atoms with Crippen molar-refractivity contribution in [1.82, 2.24) is 0 Å². The molecule has 0 fully saturated rings. The van der Waals surface area contributed by atoms with Gasteiger partial charge in [-0.1, -0.05) is 6.07 Å². The highest BCUT2D eigenvalue weighted by molar-refractivity contribution is 6.07. The monoisotopic (exact) mass is 398 g/mol. The van der Waals surface area contributed by atoms with Gasteiger partial charge in [0, 0.05) is 16.8 Å². The lowest BCUT2D eigenvalue weighted by molar-refractivity contribution is 0.101. The fourth-order valence-corrected chi connectivity index (χ4v) is 2.61. The van der Waals surface area contributed by atoms with Crippen LogP contribution in [0.25, 0.3) is 0 Å². The number of amides is 2. The third kappa shape index (κ3) is 4.45. The predicted octanol–water partition coefficient (Wildman–Crippen LogP) is 5.23. The number of hydrogen-bond donors (Lipinski definition) is 2. The molecule has 0 aliphatic heterocycles. The SMILES string of the molecule is Cc1ccc(NC(=O)c2ccc(C(=O)Nc3ccc(F)c(F)c3F)cc2)cc1C. The molecule has 0 aliphatic carbocycles. The Labute approximate surface area is 165 Å². The first-order chi connectivity index (χ1) is 13.8. The van der Waals surface area contributed by atoms with Crippen molar-refractivity contribution in [1.29, 1.82) is 0 Å². The number of rotatable bonds is 4. The molecule has 0 aromatic heterocycles. The quantitative estimate of drug-likeness (QED) is 0.592. The minimum atomic E-state index is -1.67. The van der Waals surface area contributed by atoms with Crippen LogP contribution in [0.4, 0.5) is 24.5 Å². The van der Waals surface area contributed by atoms with Gasteiger partial charge in [-0.2, -0.15) is 0 Å². The van der Waals surface area contributed by atoms with Crippen molar-refractivity contribution in [2.24, 2.45) is 0 Å². The van der Waals surface area contributed by atoms with Crippen LogP contribution in [0.5, 0.6) is 0 Å². The standard InChI is InChI=1S/C22H17F3N2O2/c1-12-3-8-16(11-13(12)2)26-21(28)14-4-6-15(7-5-14)22(29)27-18-10-9-17(23)19(24)20(18)25/h3-11H,1-2H3,(H,26,28)(H,27,29). The van der Waals surface area contributed by atoms with Crippen LogP contribution in [0, 0.1) is 31.3 Å². The first-order valence-electron chi connectivity index (χ1n) is 8.70. The molecule has 0 spiro atoms. The van der Waals surface area contributed by atoms with E-state index in [-0.39, 0.29) is 11.5 Å². The zero-order chi connectivity index (χ0) is 21.1. The summed E-state index contributed by atoms with van der Waals surface area (Å²) in [5.74, 6) is -5.58. The fourth-order valence-electron chi connectivity index (χ4n) is 2.61. The molecule has 0 saturated heterocycles. The van der Waals surface area contributed by atoms with Crippen LogP contribution < -0.4 is 10.6 Å². The Morgan fingerprint density at radius 3 is 1.86 bits per heavy atom. The minimum Gasteiger partial charge on any atom is -0.322 e. The van der Waals surface area contributed by atoms with E-state index in [0.717, 1.165) is 17.2 Å². The average Bonchev–Trinajstić information content (AvgIpc) is 2.71. The van der Waals surface area contributed by atoms with Crippen molar-refractivity contribution in [2.75, 3.05) is 10.6 Å². The lowest BCUT2D eigenvalue weighted by Crippen LogP contribution is -2.15. The van der Waals surface area contributed by atoms with E-state index in [0.29, 0.717) is 17.3 Å². The van der Waals surface area contributed by atoms with Crippen LogP contribution in [-0.2, 0) is 0 Å². The Balaban J connectivity index is 1.70. The van der Waals surface area contributed by atoms with Crippen LogP contribution in [0.1, 0.15) is 31.8 Å². The second kappa shape index (κ2) is 8.18. The summed E-state index contributed by atoms with van der Waals surface area (Å²) in [6.45, 7) is 3.91. The van der Waals surface area contributed by atoms with E-state index in [1.807, 2.05) is 26.0 Å². The van der Waals surface area contributed by atoms with E-state index in [2.05, 4.69) is 10.6 Å². The summed E-state index contributed by atoms with van der Waals surface area (Å²) < 4.78 is 39.9. The first-order valence-corrected chi connectivity index (χ1v) is 8.70. The molecule has 0 aliphatic rings. The maximum atomic E-state index is 13.7. The van der Waals surface area contributed by atoms with Crippen molar-refractivity contribution in [3.05, 3.63) is 94.3 Å². The summed E-state index contributed by atoms with van der Waals surface area (Å²) in [6.07, 6.45) is 0. The molecule has 0 bridgehead atoms. The largest absolute Gasteiger partial charge is 0.322 e. The summed E-state index contributed by atoms with van der Waals surface area (Å²) in [6, 6.07) is 12.8. The van der Waals surface area contributed by atoms with Gasteiger partial charge in [-0.3, -0.25) is 9.59 Å². The van der Waals surface area contributed by atoms with Gasteiger partial charge in [0.15, 0.2) is 17.5 Å². The number of benzene rings is 3.